The lowest BCUT2D eigenvalue weighted by Crippen LogP contribution is -2.48. The van der Waals surface area contributed by atoms with Crippen LogP contribution in [0, 0.1) is 13.8 Å². The first kappa shape index (κ1) is 16.3. The average Bonchev–Trinajstić information content (AvgIpc) is 3.09. The highest BCUT2D eigenvalue weighted by Crippen LogP contribution is 2.27. The van der Waals surface area contributed by atoms with Crippen LogP contribution in [0.25, 0.3) is 0 Å². The summed E-state index contributed by atoms with van der Waals surface area (Å²) in [7, 11) is 0. The van der Waals surface area contributed by atoms with Crippen LogP contribution in [0.2, 0.25) is 0 Å². The first-order chi connectivity index (χ1) is 12.1. The lowest BCUT2D eigenvalue weighted by atomic mass is 9.99. The van der Waals surface area contributed by atoms with Crippen molar-refractivity contribution in [2.75, 3.05) is 0 Å². The number of aryl methyl sites for hydroxylation is 1. The van der Waals surface area contributed by atoms with Gasteiger partial charge in [-0.15, -0.1) is 0 Å². The van der Waals surface area contributed by atoms with Crippen LogP contribution in [-0.4, -0.2) is 33.6 Å². The van der Waals surface area contributed by atoms with E-state index >= 15 is 0 Å². The zero-order valence-corrected chi connectivity index (χ0v) is 15.0. The highest BCUT2D eigenvalue weighted by molar-refractivity contribution is 5.95. The van der Waals surface area contributed by atoms with Crippen molar-refractivity contribution >= 4 is 5.91 Å². The second-order valence-electron chi connectivity index (χ2n) is 7.47. The van der Waals surface area contributed by atoms with Gasteiger partial charge in [0.1, 0.15) is 0 Å². The Morgan fingerprint density at radius 1 is 1.28 bits per heavy atom. The number of aromatic nitrogens is 2. The Morgan fingerprint density at radius 2 is 2.04 bits per heavy atom. The number of hydrogen-bond acceptors (Lipinski definition) is 3. The normalized spacial score (nSPS) is 25.1. The predicted molar refractivity (Wildman–Crippen MR) is 97.7 cm³/mol. The molecule has 2 fully saturated rings. The molecule has 2 aromatic rings. The van der Waals surface area contributed by atoms with Gasteiger partial charge < -0.3 is 15.2 Å². The Hall–Kier alpha value is -2.14. The third-order valence-electron chi connectivity index (χ3n) is 5.67. The summed E-state index contributed by atoms with van der Waals surface area (Å²) in [5, 5.41) is 6.90. The molecule has 0 spiro atoms. The molecule has 1 amide bonds. The molecule has 0 aliphatic carbocycles. The molecule has 0 radical (unpaired) electrons. The van der Waals surface area contributed by atoms with Gasteiger partial charge in [-0.05, 0) is 57.7 Å². The largest absolute Gasteiger partial charge is 0.349 e. The van der Waals surface area contributed by atoms with Crippen LogP contribution >= 0.6 is 0 Å². The van der Waals surface area contributed by atoms with E-state index in [-0.39, 0.29) is 5.91 Å². The zero-order chi connectivity index (χ0) is 17.4. The summed E-state index contributed by atoms with van der Waals surface area (Å²) in [6, 6.07) is 9.40. The fourth-order valence-electron chi connectivity index (χ4n) is 4.37. The number of amides is 1. The number of piperidine rings is 1. The fourth-order valence-corrected chi connectivity index (χ4v) is 4.37. The smallest absolute Gasteiger partial charge is 0.253 e. The molecule has 2 aliphatic heterocycles. The number of rotatable bonds is 4. The van der Waals surface area contributed by atoms with E-state index in [2.05, 4.69) is 27.1 Å². The minimum Gasteiger partial charge on any atom is -0.349 e. The molecule has 2 N–H and O–H groups in total. The molecule has 2 aliphatic rings. The van der Waals surface area contributed by atoms with Gasteiger partial charge in [-0.1, -0.05) is 6.07 Å². The number of nitrogens with zero attached hydrogens (tertiary/aromatic N) is 2. The lowest BCUT2D eigenvalue weighted by molar-refractivity contribution is 0.0923. The summed E-state index contributed by atoms with van der Waals surface area (Å²) >= 11 is 0. The third-order valence-corrected chi connectivity index (χ3v) is 5.67. The van der Waals surface area contributed by atoms with Gasteiger partial charge in [-0.2, -0.15) is 0 Å². The third kappa shape index (κ3) is 3.33. The van der Waals surface area contributed by atoms with Crippen LogP contribution in [0.4, 0.5) is 0 Å². The van der Waals surface area contributed by atoms with E-state index in [9.17, 15) is 4.79 Å². The lowest BCUT2D eigenvalue weighted by Gasteiger charge is -2.29. The second kappa shape index (κ2) is 6.64. The van der Waals surface area contributed by atoms with Gasteiger partial charge >= 0.3 is 0 Å². The number of carbonyl (C=O) groups is 1. The summed E-state index contributed by atoms with van der Waals surface area (Å²) < 4.78 is 2.17. The predicted octanol–water partition coefficient (Wildman–Crippen LogP) is 2.56. The van der Waals surface area contributed by atoms with E-state index in [1.165, 1.54) is 12.8 Å². The van der Waals surface area contributed by atoms with Crippen molar-refractivity contribution in [2.24, 2.45) is 0 Å². The van der Waals surface area contributed by atoms with Crippen molar-refractivity contribution < 1.29 is 4.79 Å². The summed E-state index contributed by atoms with van der Waals surface area (Å²) in [5.41, 5.74) is 3.90. The molecular weight excluding hydrogens is 312 g/mol. The SMILES string of the molecule is Cc1cc(C(=O)NC2CC3CCC(C2)N3)c(C)n1Cc1ccccn1. The molecule has 0 aromatic carbocycles. The van der Waals surface area contributed by atoms with E-state index in [1.807, 2.05) is 37.4 Å². The van der Waals surface area contributed by atoms with Crippen molar-refractivity contribution in [3.63, 3.8) is 0 Å². The molecule has 2 unspecified atom stereocenters. The molecule has 132 valence electrons. The highest BCUT2D eigenvalue weighted by Gasteiger charge is 2.34. The molecule has 0 saturated carbocycles. The molecule has 2 aromatic heterocycles. The second-order valence-corrected chi connectivity index (χ2v) is 7.47. The molecule has 4 rings (SSSR count). The Morgan fingerprint density at radius 3 is 2.72 bits per heavy atom. The minimum absolute atomic E-state index is 0.0617. The molecule has 5 nitrogen and oxygen atoms in total. The van der Waals surface area contributed by atoms with Gasteiger partial charge in [0.25, 0.3) is 5.91 Å². The van der Waals surface area contributed by atoms with Crippen molar-refractivity contribution in [2.45, 2.75) is 64.2 Å². The first-order valence-corrected chi connectivity index (χ1v) is 9.23. The molecule has 2 atom stereocenters. The van der Waals surface area contributed by atoms with Crippen LogP contribution in [-0.2, 0) is 6.54 Å². The van der Waals surface area contributed by atoms with E-state index in [0.717, 1.165) is 35.5 Å². The summed E-state index contributed by atoms with van der Waals surface area (Å²) in [6.45, 7) is 4.78. The van der Waals surface area contributed by atoms with Crippen LogP contribution in [0.3, 0.4) is 0 Å². The molecule has 2 bridgehead atoms. The van der Waals surface area contributed by atoms with Crippen molar-refractivity contribution in [1.82, 2.24) is 20.2 Å². The Balaban J connectivity index is 1.48. The summed E-state index contributed by atoms with van der Waals surface area (Å²) in [4.78, 5) is 17.2. The monoisotopic (exact) mass is 338 g/mol. The van der Waals surface area contributed by atoms with Crippen molar-refractivity contribution in [3.8, 4) is 0 Å². The maximum absolute atomic E-state index is 12.8. The van der Waals surface area contributed by atoms with Crippen LogP contribution in [0.5, 0.6) is 0 Å². The Bertz CT molecular complexity index is 756. The van der Waals surface area contributed by atoms with Crippen LogP contribution < -0.4 is 10.6 Å². The average molecular weight is 338 g/mol. The van der Waals surface area contributed by atoms with Crippen molar-refractivity contribution in [1.29, 1.82) is 0 Å². The summed E-state index contributed by atoms with van der Waals surface area (Å²) in [6.07, 6.45) is 6.40. The number of pyridine rings is 1. The van der Waals surface area contributed by atoms with Crippen LogP contribution in [0.15, 0.2) is 30.5 Å². The molecule has 4 heterocycles. The molecule has 25 heavy (non-hydrogen) atoms. The fraction of sp³-hybridized carbons (Fsp3) is 0.500. The van der Waals surface area contributed by atoms with E-state index < -0.39 is 0 Å². The van der Waals surface area contributed by atoms with Gasteiger partial charge in [0, 0.05) is 35.7 Å². The summed E-state index contributed by atoms with van der Waals surface area (Å²) in [5.74, 6) is 0.0617. The first-order valence-electron chi connectivity index (χ1n) is 9.23. The topological polar surface area (TPSA) is 59.0 Å². The quantitative estimate of drug-likeness (QED) is 0.901. The molecule has 2 saturated heterocycles. The van der Waals surface area contributed by atoms with Gasteiger partial charge in [-0.3, -0.25) is 9.78 Å². The van der Waals surface area contributed by atoms with Gasteiger partial charge in [0.05, 0.1) is 17.8 Å². The van der Waals surface area contributed by atoms with E-state index in [0.29, 0.717) is 24.7 Å². The van der Waals surface area contributed by atoms with Crippen molar-refractivity contribution in [3.05, 3.63) is 53.1 Å². The standard InChI is InChI=1S/C20H26N4O/c1-13-9-19(14(2)24(13)12-17-5-3-4-8-21-17)20(25)23-18-10-15-6-7-16(11-18)22-15/h3-5,8-9,15-16,18,22H,6-7,10-12H2,1-2H3,(H,23,25). The maximum atomic E-state index is 12.8. The van der Waals surface area contributed by atoms with Gasteiger partial charge in [0.2, 0.25) is 0 Å². The van der Waals surface area contributed by atoms with E-state index in [1.54, 1.807) is 0 Å². The number of hydrogen-bond donors (Lipinski definition) is 2. The minimum atomic E-state index is 0.0617. The Labute approximate surface area is 148 Å². The Kier molecular flexibility index (Phi) is 4.34. The van der Waals surface area contributed by atoms with Gasteiger partial charge in [0.15, 0.2) is 0 Å². The number of carbonyl (C=O) groups excluding carboxylic acids is 1. The zero-order valence-electron chi connectivity index (χ0n) is 15.0. The highest BCUT2D eigenvalue weighted by atomic mass is 16.1. The molecular formula is C20H26N4O. The van der Waals surface area contributed by atoms with Crippen LogP contribution in [0.1, 0.15) is 53.1 Å². The van der Waals surface area contributed by atoms with E-state index in [4.69, 9.17) is 0 Å². The molecule has 5 heteroatoms. The van der Waals surface area contributed by atoms with Gasteiger partial charge in [-0.25, -0.2) is 0 Å². The number of fused-ring (bicyclic) bond motifs is 2. The number of nitrogens with one attached hydrogen (secondary N) is 2. The maximum Gasteiger partial charge on any atom is 0.253 e.